The summed E-state index contributed by atoms with van der Waals surface area (Å²) >= 11 is 0. The van der Waals surface area contributed by atoms with Crippen LogP contribution in [-0.2, 0) is 0 Å². The van der Waals surface area contributed by atoms with E-state index in [1.165, 1.54) is 4.90 Å². The zero-order valence-electron chi connectivity index (χ0n) is 13.6. The van der Waals surface area contributed by atoms with Gasteiger partial charge in [0, 0.05) is 44.4 Å². The van der Waals surface area contributed by atoms with Gasteiger partial charge in [-0.1, -0.05) is 6.92 Å². The maximum Gasteiger partial charge on any atom is 0.254 e. The third-order valence-corrected chi connectivity index (χ3v) is 3.99. The lowest BCUT2D eigenvalue weighted by molar-refractivity contribution is 0.0691. The van der Waals surface area contributed by atoms with Crippen LogP contribution in [0.3, 0.4) is 0 Å². The summed E-state index contributed by atoms with van der Waals surface area (Å²) in [5.74, 6) is 0.00353. The van der Waals surface area contributed by atoms with Crippen molar-refractivity contribution in [2.75, 3.05) is 33.7 Å². The molecule has 22 heavy (non-hydrogen) atoms. The average Bonchev–Trinajstić information content (AvgIpc) is 3.05. The number of hydrogen-bond acceptors (Lipinski definition) is 3. The Morgan fingerprint density at radius 3 is 2.18 bits per heavy atom. The van der Waals surface area contributed by atoms with Crippen LogP contribution < -0.4 is 5.32 Å². The van der Waals surface area contributed by atoms with Crippen molar-refractivity contribution < 1.29 is 9.59 Å². The minimum Gasteiger partial charge on any atom is -0.345 e. The molecule has 5 heteroatoms. The number of rotatable bonds is 5. The fourth-order valence-electron chi connectivity index (χ4n) is 2.78. The van der Waals surface area contributed by atoms with Gasteiger partial charge >= 0.3 is 0 Å². The van der Waals surface area contributed by atoms with Crippen molar-refractivity contribution in [2.24, 2.45) is 0 Å². The zero-order valence-corrected chi connectivity index (χ0v) is 13.6. The van der Waals surface area contributed by atoms with Crippen molar-refractivity contribution in [1.82, 2.24) is 15.1 Å². The molecule has 1 aliphatic heterocycles. The highest BCUT2D eigenvalue weighted by molar-refractivity contribution is 5.97. The van der Waals surface area contributed by atoms with Gasteiger partial charge in [-0.05, 0) is 43.7 Å². The normalized spacial score (nSPS) is 17.3. The molecule has 0 radical (unpaired) electrons. The van der Waals surface area contributed by atoms with Gasteiger partial charge in [0.15, 0.2) is 0 Å². The molecule has 0 unspecified atom stereocenters. The van der Waals surface area contributed by atoms with Crippen LogP contribution in [0.15, 0.2) is 24.3 Å². The highest BCUT2D eigenvalue weighted by Gasteiger charge is 2.26. The molecular formula is C17H25N3O2. The van der Waals surface area contributed by atoms with Crippen LogP contribution in [0, 0.1) is 0 Å². The van der Waals surface area contributed by atoms with E-state index in [0.717, 1.165) is 32.5 Å². The second-order valence-corrected chi connectivity index (χ2v) is 5.92. The average molecular weight is 303 g/mol. The molecule has 1 aromatic rings. The fourth-order valence-corrected chi connectivity index (χ4v) is 2.78. The Bertz CT molecular complexity index is 519. The van der Waals surface area contributed by atoms with Gasteiger partial charge in [0.1, 0.15) is 0 Å². The maximum absolute atomic E-state index is 12.7. The highest BCUT2D eigenvalue weighted by Crippen LogP contribution is 2.15. The molecule has 1 fully saturated rings. The standard InChI is InChI=1S/C17H25N3O2/c1-4-11-20(15-9-10-18-12-15)17(22)14-7-5-13(6-8-14)16(21)19(2)3/h5-8,15,18H,4,9-12H2,1-3H3/t15-/m1/s1. The minimum absolute atomic E-state index is 0.0515. The third kappa shape index (κ3) is 3.65. The number of nitrogens with one attached hydrogen (secondary N) is 1. The van der Waals surface area contributed by atoms with Crippen LogP contribution in [0.1, 0.15) is 40.5 Å². The molecule has 2 rings (SSSR count). The summed E-state index contributed by atoms with van der Waals surface area (Å²) in [5, 5.41) is 3.31. The van der Waals surface area contributed by atoms with E-state index in [0.29, 0.717) is 11.1 Å². The van der Waals surface area contributed by atoms with Gasteiger partial charge in [0.05, 0.1) is 0 Å². The first kappa shape index (κ1) is 16.5. The Hall–Kier alpha value is -1.88. The van der Waals surface area contributed by atoms with E-state index in [1.54, 1.807) is 38.4 Å². The lowest BCUT2D eigenvalue weighted by Gasteiger charge is -2.28. The Labute approximate surface area is 132 Å². The Kier molecular flexibility index (Phi) is 5.55. The SMILES string of the molecule is CCCN(C(=O)c1ccc(C(=O)N(C)C)cc1)[C@@H]1CCNC1. The van der Waals surface area contributed by atoms with E-state index in [2.05, 4.69) is 12.2 Å². The monoisotopic (exact) mass is 303 g/mol. The van der Waals surface area contributed by atoms with Gasteiger partial charge in [-0.15, -0.1) is 0 Å². The first-order valence-corrected chi connectivity index (χ1v) is 7.88. The van der Waals surface area contributed by atoms with Gasteiger partial charge in [0.25, 0.3) is 11.8 Å². The number of benzene rings is 1. The highest BCUT2D eigenvalue weighted by atomic mass is 16.2. The number of amides is 2. The molecule has 1 atom stereocenters. The molecular weight excluding hydrogens is 278 g/mol. The molecule has 0 bridgehead atoms. The molecule has 1 N–H and O–H groups in total. The van der Waals surface area contributed by atoms with Gasteiger partial charge in [-0.3, -0.25) is 9.59 Å². The van der Waals surface area contributed by atoms with Gasteiger partial charge in [-0.25, -0.2) is 0 Å². The van der Waals surface area contributed by atoms with Crippen LogP contribution >= 0.6 is 0 Å². The smallest absolute Gasteiger partial charge is 0.254 e. The van der Waals surface area contributed by atoms with Crippen LogP contribution in [0.4, 0.5) is 0 Å². The molecule has 1 saturated heterocycles. The van der Waals surface area contributed by atoms with E-state index in [1.807, 2.05) is 4.90 Å². The van der Waals surface area contributed by atoms with Crippen molar-refractivity contribution in [3.63, 3.8) is 0 Å². The molecule has 5 nitrogen and oxygen atoms in total. The van der Waals surface area contributed by atoms with E-state index < -0.39 is 0 Å². The van der Waals surface area contributed by atoms with Crippen LogP contribution in [0.5, 0.6) is 0 Å². The summed E-state index contributed by atoms with van der Waals surface area (Å²) in [6, 6.07) is 7.24. The molecule has 1 aromatic carbocycles. The second-order valence-electron chi connectivity index (χ2n) is 5.92. The fraction of sp³-hybridized carbons (Fsp3) is 0.529. The van der Waals surface area contributed by atoms with Gasteiger partial charge in [-0.2, -0.15) is 0 Å². The number of carbonyl (C=O) groups is 2. The third-order valence-electron chi connectivity index (χ3n) is 3.99. The van der Waals surface area contributed by atoms with E-state index in [9.17, 15) is 9.59 Å². The van der Waals surface area contributed by atoms with Gasteiger partial charge < -0.3 is 15.1 Å². The summed E-state index contributed by atoms with van der Waals surface area (Å²) < 4.78 is 0. The topological polar surface area (TPSA) is 52.7 Å². The van der Waals surface area contributed by atoms with Crippen LogP contribution in [0.25, 0.3) is 0 Å². The largest absolute Gasteiger partial charge is 0.345 e. The van der Waals surface area contributed by atoms with Crippen molar-refractivity contribution in [3.8, 4) is 0 Å². The number of nitrogens with zero attached hydrogens (tertiary/aromatic N) is 2. The molecule has 0 saturated carbocycles. The number of carbonyl (C=O) groups excluding carboxylic acids is 2. The zero-order chi connectivity index (χ0) is 16.1. The van der Waals surface area contributed by atoms with E-state index in [4.69, 9.17) is 0 Å². The van der Waals surface area contributed by atoms with Crippen molar-refractivity contribution in [3.05, 3.63) is 35.4 Å². The van der Waals surface area contributed by atoms with Crippen molar-refractivity contribution in [1.29, 1.82) is 0 Å². The summed E-state index contributed by atoms with van der Waals surface area (Å²) in [6.45, 7) is 4.68. The molecule has 0 aromatic heterocycles. The Morgan fingerprint density at radius 2 is 1.73 bits per heavy atom. The summed E-state index contributed by atoms with van der Waals surface area (Å²) in [7, 11) is 3.44. The molecule has 120 valence electrons. The quantitative estimate of drug-likeness (QED) is 0.899. The van der Waals surface area contributed by atoms with Crippen LogP contribution in [0.2, 0.25) is 0 Å². The molecule has 2 amide bonds. The summed E-state index contributed by atoms with van der Waals surface area (Å²) in [6.07, 6.45) is 1.95. The van der Waals surface area contributed by atoms with Crippen molar-refractivity contribution in [2.45, 2.75) is 25.8 Å². The lowest BCUT2D eigenvalue weighted by Crippen LogP contribution is -2.42. The molecule has 0 spiro atoms. The minimum atomic E-state index is -0.0515. The maximum atomic E-state index is 12.7. The van der Waals surface area contributed by atoms with Gasteiger partial charge in [0.2, 0.25) is 0 Å². The Balaban J connectivity index is 2.14. The summed E-state index contributed by atoms with van der Waals surface area (Å²) in [4.78, 5) is 28.1. The Morgan fingerprint density at radius 1 is 1.14 bits per heavy atom. The van der Waals surface area contributed by atoms with E-state index in [-0.39, 0.29) is 17.9 Å². The first-order chi connectivity index (χ1) is 10.5. The van der Waals surface area contributed by atoms with Crippen molar-refractivity contribution >= 4 is 11.8 Å². The second kappa shape index (κ2) is 7.40. The predicted octanol–water partition coefficient (Wildman–Crippen LogP) is 1.60. The summed E-state index contributed by atoms with van der Waals surface area (Å²) in [5.41, 5.74) is 1.25. The lowest BCUT2D eigenvalue weighted by atomic mass is 10.1. The molecule has 1 aliphatic rings. The number of hydrogen-bond donors (Lipinski definition) is 1. The predicted molar refractivity (Wildman–Crippen MR) is 87.1 cm³/mol. The first-order valence-electron chi connectivity index (χ1n) is 7.88. The van der Waals surface area contributed by atoms with Crippen LogP contribution in [-0.4, -0.2) is 61.4 Å². The molecule has 1 heterocycles. The van der Waals surface area contributed by atoms with E-state index >= 15 is 0 Å². The molecule has 0 aliphatic carbocycles.